The number of benzene rings is 1. The van der Waals surface area contributed by atoms with Gasteiger partial charge >= 0.3 is 0 Å². The number of hydrogen-bond acceptors (Lipinski definition) is 8. The van der Waals surface area contributed by atoms with Gasteiger partial charge in [0.15, 0.2) is 0 Å². The Balaban J connectivity index is 1.77. The van der Waals surface area contributed by atoms with Crippen molar-refractivity contribution in [1.82, 2.24) is 25.1 Å². The fraction of sp³-hybridized carbons (Fsp3) is 0.250. The van der Waals surface area contributed by atoms with Crippen LogP contribution >= 0.6 is 0 Å². The van der Waals surface area contributed by atoms with E-state index >= 15 is 0 Å². The Kier molecular flexibility index (Phi) is 4.71. The molecule has 0 aliphatic rings. The molecule has 1 atom stereocenters. The summed E-state index contributed by atoms with van der Waals surface area (Å²) in [5.74, 6) is 1.33. The number of rotatable bonds is 5. The number of anilines is 2. The minimum absolute atomic E-state index is 0.120. The molecule has 0 spiro atoms. The molecule has 3 heterocycles. The maximum absolute atomic E-state index is 12.7. The molecule has 1 aromatic carbocycles. The molecule has 0 saturated heterocycles. The number of aromatic nitrogens is 5. The third-order valence-electron chi connectivity index (χ3n) is 4.81. The van der Waals surface area contributed by atoms with E-state index in [0.29, 0.717) is 29.1 Å². The van der Waals surface area contributed by atoms with Crippen LogP contribution in [-0.4, -0.2) is 25.1 Å². The molecule has 0 unspecified atom stereocenters. The standard InChI is InChI=1S/C20H21N7O2/c1-4-13(14-8-12-7-5-6-10(2)15(12)19(28)25-14)24-18-16(17(21)22-9-23-18)20-27-26-11(3)29-20/h5-9,13H,4H2,1-3H3,(H,25,28)(H3,21,22,23,24)/t13-/m0/s1. The van der Waals surface area contributed by atoms with E-state index < -0.39 is 0 Å². The second-order valence-corrected chi connectivity index (χ2v) is 6.81. The minimum Gasteiger partial charge on any atom is -0.421 e. The molecule has 0 fully saturated rings. The fourth-order valence-electron chi connectivity index (χ4n) is 3.39. The number of nitrogens with two attached hydrogens (primary N) is 1. The van der Waals surface area contributed by atoms with E-state index in [2.05, 4.69) is 30.5 Å². The highest BCUT2D eigenvalue weighted by molar-refractivity contribution is 5.85. The third kappa shape index (κ3) is 3.42. The molecular weight excluding hydrogens is 370 g/mol. The molecular formula is C20H21N7O2. The van der Waals surface area contributed by atoms with Crippen molar-refractivity contribution in [1.29, 1.82) is 0 Å². The molecule has 0 amide bonds. The monoisotopic (exact) mass is 391 g/mol. The Morgan fingerprint density at radius 1 is 1.24 bits per heavy atom. The van der Waals surface area contributed by atoms with Gasteiger partial charge in [0.1, 0.15) is 23.5 Å². The van der Waals surface area contributed by atoms with E-state index in [1.807, 2.05) is 38.1 Å². The number of pyridine rings is 1. The average molecular weight is 391 g/mol. The predicted molar refractivity (Wildman–Crippen MR) is 110 cm³/mol. The summed E-state index contributed by atoms with van der Waals surface area (Å²) < 4.78 is 5.52. The summed E-state index contributed by atoms with van der Waals surface area (Å²) in [5, 5.41) is 12.8. The van der Waals surface area contributed by atoms with Crippen LogP contribution in [0.3, 0.4) is 0 Å². The van der Waals surface area contributed by atoms with E-state index in [1.54, 1.807) is 6.92 Å². The number of nitrogen functional groups attached to an aromatic ring is 1. The molecule has 0 aliphatic heterocycles. The van der Waals surface area contributed by atoms with Gasteiger partial charge in [0, 0.05) is 18.0 Å². The van der Waals surface area contributed by atoms with Crippen LogP contribution in [0.4, 0.5) is 11.6 Å². The normalized spacial score (nSPS) is 12.2. The lowest BCUT2D eigenvalue weighted by atomic mass is 10.0. The van der Waals surface area contributed by atoms with Crippen molar-refractivity contribution in [2.24, 2.45) is 0 Å². The van der Waals surface area contributed by atoms with Crippen molar-refractivity contribution in [3.05, 3.63) is 58.1 Å². The molecule has 0 saturated carbocycles. The van der Waals surface area contributed by atoms with Crippen molar-refractivity contribution in [3.8, 4) is 11.5 Å². The van der Waals surface area contributed by atoms with Gasteiger partial charge in [-0.2, -0.15) is 0 Å². The maximum Gasteiger partial charge on any atom is 0.256 e. The molecule has 29 heavy (non-hydrogen) atoms. The zero-order chi connectivity index (χ0) is 20.5. The number of nitrogens with one attached hydrogen (secondary N) is 2. The lowest BCUT2D eigenvalue weighted by Crippen LogP contribution is -2.19. The van der Waals surface area contributed by atoms with Gasteiger partial charge in [-0.05, 0) is 30.4 Å². The van der Waals surface area contributed by atoms with Crippen molar-refractivity contribution in [2.75, 3.05) is 11.1 Å². The molecule has 4 aromatic rings. The summed E-state index contributed by atoms with van der Waals surface area (Å²) in [7, 11) is 0. The molecule has 0 aliphatic carbocycles. The zero-order valence-electron chi connectivity index (χ0n) is 16.4. The van der Waals surface area contributed by atoms with E-state index in [4.69, 9.17) is 10.2 Å². The quantitative estimate of drug-likeness (QED) is 0.472. The van der Waals surface area contributed by atoms with Crippen LogP contribution in [0, 0.1) is 13.8 Å². The Morgan fingerprint density at radius 3 is 2.79 bits per heavy atom. The van der Waals surface area contributed by atoms with Gasteiger partial charge in [-0.25, -0.2) is 9.97 Å². The summed E-state index contributed by atoms with van der Waals surface area (Å²) in [5.41, 5.74) is 8.06. The second kappa shape index (κ2) is 7.34. The van der Waals surface area contributed by atoms with E-state index in [1.165, 1.54) is 6.33 Å². The zero-order valence-corrected chi connectivity index (χ0v) is 16.4. The molecule has 3 aromatic heterocycles. The molecule has 148 valence electrons. The van der Waals surface area contributed by atoms with E-state index in [0.717, 1.165) is 16.6 Å². The largest absolute Gasteiger partial charge is 0.421 e. The van der Waals surface area contributed by atoms with Crippen LogP contribution in [-0.2, 0) is 0 Å². The highest BCUT2D eigenvalue weighted by atomic mass is 16.4. The van der Waals surface area contributed by atoms with Gasteiger partial charge in [-0.15, -0.1) is 10.2 Å². The summed E-state index contributed by atoms with van der Waals surface area (Å²) in [6.07, 6.45) is 2.06. The van der Waals surface area contributed by atoms with E-state index in [9.17, 15) is 4.79 Å². The molecule has 0 radical (unpaired) electrons. The maximum atomic E-state index is 12.7. The van der Waals surface area contributed by atoms with Crippen LogP contribution in [0.25, 0.3) is 22.2 Å². The Morgan fingerprint density at radius 2 is 2.07 bits per heavy atom. The van der Waals surface area contributed by atoms with E-state index in [-0.39, 0.29) is 23.3 Å². The number of aromatic amines is 1. The third-order valence-corrected chi connectivity index (χ3v) is 4.81. The first-order valence-corrected chi connectivity index (χ1v) is 9.28. The lowest BCUT2D eigenvalue weighted by Gasteiger charge is -2.20. The smallest absolute Gasteiger partial charge is 0.256 e. The van der Waals surface area contributed by atoms with Gasteiger partial charge < -0.3 is 20.5 Å². The van der Waals surface area contributed by atoms with Crippen LogP contribution < -0.4 is 16.6 Å². The summed E-state index contributed by atoms with van der Waals surface area (Å²) in [4.78, 5) is 24.0. The first kappa shape index (κ1) is 18.6. The van der Waals surface area contributed by atoms with Crippen molar-refractivity contribution in [2.45, 2.75) is 33.2 Å². The predicted octanol–water partition coefficient (Wildman–Crippen LogP) is 3.13. The van der Waals surface area contributed by atoms with Gasteiger partial charge in [-0.3, -0.25) is 4.79 Å². The number of nitrogens with zero attached hydrogens (tertiary/aromatic N) is 4. The molecule has 0 bridgehead atoms. The Labute approximate surface area is 166 Å². The molecule has 9 nitrogen and oxygen atoms in total. The SMILES string of the molecule is CC[C@H](Nc1ncnc(N)c1-c1nnc(C)o1)c1cc2cccc(C)c2c(=O)[nH]1. The van der Waals surface area contributed by atoms with Crippen LogP contribution in [0.5, 0.6) is 0 Å². The fourth-order valence-corrected chi connectivity index (χ4v) is 3.39. The first-order valence-electron chi connectivity index (χ1n) is 9.28. The number of hydrogen-bond donors (Lipinski definition) is 3. The van der Waals surface area contributed by atoms with Gasteiger partial charge in [0.05, 0.1) is 6.04 Å². The Bertz CT molecular complexity index is 1250. The Hall–Kier alpha value is -3.75. The molecule has 4 rings (SSSR count). The topological polar surface area (TPSA) is 136 Å². The number of H-pyrrole nitrogens is 1. The number of aryl methyl sites for hydroxylation is 2. The highest BCUT2D eigenvalue weighted by Gasteiger charge is 2.21. The second-order valence-electron chi connectivity index (χ2n) is 6.81. The summed E-state index contributed by atoms with van der Waals surface area (Å²) >= 11 is 0. The average Bonchev–Trinajstić information content (AvgIpc) is 3.11. The van der Waals surface area contributed by atoms with Crippen LogP contribution in [0.1, 0.15) is 36.5 Å². The minimum atomic E-state index is -0.218. The number of fused-ring (bicyclic) bond motifs is 1. The van der Waals surface area contributed by atoms with Gasteiger partial charge in [0.25, 0.3) is 11.4 Å². The molecule has 4 N–H and O–H groups in total. The lowest BCUT2D eigenvalue weighted by molar-refractivity contribution is 0.532. The molecule has 9 heteroatoms. The van der Waals surface area contributed by atoms with Gasteiger partial charge in [0.2, 0.25) is 5.89 Å². The van der Waals surface area contributed by atoms with Crippen molar-refractivity contribution < 1.29 is 4.42 Å². The summed E-state index contributed by atoms with van der Waals surface area (Å²) in [6, 6.07) is 7.56. The van der Waals surface area contributed by atoms with Crippen LogP contribution in [0.15, 0.2) is 39.8 Å². The summed E-state index contributed by atoms with van der Waals surface area (Å²) in [6.45, 7) is 5.63. The first-order chi connectivity index (χ1) is 14.0. The van der Waals surface area contributed by atoms with Crippen molar-refractivity contribution >= 4 is 22.4 Å². The highest BCUT2D eigenvalue weighted by Crippen LogP contribution is 2.32. The van der Waals surface area contributed by atoms with Crippen molar-refractivity contribution in [3.63, 3.8) is 0 Å². The van der Waals surface area contributed by atoms with Gasteiger partial charge in [-0.1, -0.05) is 25.1 Å². The van der Waals surface area contributed by atoms with Crippen LogP contribution in [0.2, 0.25) is 0 Å².